The van der Waals surface area contributed by atoms with E-state index in [9.17, 15) is 33.9 Å². The number of nitrogens with zero attached hydrogens (tertiary/aromatic N) is 3. The smallest absolute Gasteiger partial charge is 0.413 e. The molecule has 3 aliphatic rings. The van der Waals surface area contributed by atoms with Crippen LogP contribution in [0.15, 0.2) is 71.3 Å². The third-order valence-corrected chi connectivity index (χ3v) is 10.1. The van der Waals surface area contributed by atoms with Crippen LogP contribution in [0.25, 0.3) is 0 Å². The molecule has 14 nitrogen and oxygen atoms in total. The summed E-state index contributed by atoms with van der Waals surface area (Å²) in [5.41, 5.74) is 0.506. The highest BCUT2D eigenvalue weighted by atomic mass is 32.2. The highest BCUT2D eigenvalue weighted by Crippen LogP contribution is 2.52. The molecule has 5 rings (SSSR count). The Kier molecular flexibility index (Phi) is 10.9. The van der Waals surface area contributed by atoms with Crippen molar-refractivity contribution in [2.75, 3.05) is 34.2 Å². The lowest BCUT2D eigenvalue weighted by molar-refractivity contribution is -0.166. The van der Waals surface area contributed by atoms with E-state index in [0.29, 0.717) is 4.91 Å². The number of β-lactam (4-membered cyclic amide) rings is 1. The summed E-state index contributed by atoms with van der Waals surface area (Å²) in [5, 5.41) is 9.92. The number of aliphatic hydroxyl groups is 1. The Balaban J connectivity index is 1.30. The molecular weight excluding hydrogens is 658 g/mol. The molecule has 3 amide bonds. The fraction of sp³-hybridized carbons (Fsp3) is 0.412. The number of likely N-dealkylation sites (tertiary alicyclic amines) is 1. The highest BCUT2D eigenvalue weighted by Gasteiger charge is 2.60. The number of hydrogen-bond acceptors (Lipinski definition) is 12. The number of benzene rings is 2. The molecule has 260 valence electrons. The molecule has 2 aromatic carbocycles. The van der Waals surface area contributed by atoms with Crippen LogP contribution >= 0.6 is 11.8 Å². The molecule has 0 radical (unpaired) electrons. The Labute approximate surface area is 286 Å². The second-order valence-corrected chi connectivity index (χ2v) is 13.4. The molecule has 6 atom stereocenters. The number of fused-ring (bicyclic) bond motifs is 1. The quantitative estimate of drug-likeness (QED) is 0.208. The van der Waals surface area contributed by atoms with Gasteiger partial charge in [0.2, 0.25) is 25.4 Å². The molecule has 0 bridgehead atoms. The number of carbonyl (C=O) groups is 6. The molecule has 2 saturated heterocycles. The van der Waals surface area contributed by atoms with Gasteiger partial charge in [-0.2, -0.15) is 0 Å². The van der Waals surface area contributed by atoms with E-state index in [0.717, 1.165) is 0 Å². The molecule has 3 heterocycles. The van der Waals surface area contributed by atoms with Gasteiger partial charge in [0.05, 0.1) is 29.2 Å². The van der Waals surface area contributed by atoms with Crippen molar-refractivity contribution in [1.82, 2.24) is 14.7 Å². The largest absolute Gasteiger partial charge is 0.424 e. The van der Waals surface area contributed by atoms with Gasteiger partial charge < -0.3 is 33.9 Å². The van der Waals surface area contributed by atoms with Crippen LogP contribution in [0.5, 0.6) is 0 Å². The van der Waals surface area contributed by atoms with Gasteiger partial charge in [-0.15, -0.1) is 11.8 Å². The first-order chi connectivity index (χ1) is 23.4. The number of aliphatic hydroxyl groups excluding tert-OH is 1. The van der Waals surface area contributed by atoms with Crippen LogP contribution in [-0.2, 0) is 33.3 Å². The fourth-order valence-electron chi connectivity index (χ4n) is 6.20. The predicted molar refractivity (Wildman–Crippen MR) is 173 cm³/mol. The number of rotatable bonds is 11. The third kappa shape index (κ3) is 7.42. The topological polar surface area (TPSA) is 169 Å². The van der Waals surface area contributed by atoms with E-state index in [2.05, 4.69) is 0 Å². The maximum Gasteiger partial charge on any atom is 0.413 e. The summed E-state index contributed by atoms with van der Waals surface area (Å²) in [6.07, 6.45) is -1.66. The number of likely N-dealkylation sites (N-methyl/N-ethyl adjacent to an activating group) is 1. The lowest BCUT2D eigenvalue weighted by Crippen LogP contribution is -2.63. The first-order valence-electron chi connectivity index (χ1n) is 15.6. The summed E-state index contributed by atoms with van der Waals surface area (Å²) in [4.78, 5) is 82.0. The number of ether oxygens (including phenoxy) is 4. The number of thioether (sulfide) groups is 1. The Bertz CT molecular complexity index is 1630. The van der Waals surface area contributed by atoms with E-state index < -0.39 is 78.8 Å². The van der Waals surface area contributed by atoms with E-state index in [4.69, 9.17) is 18.9 Å². The lowest BCUT2D eigenvalue weighted by Gasteiger charge is -2.46. The van der Waals surface area contributed by atoms with Crippen LogP contribution in [-0.4, -0.2) is 113 Å². The Hall–Kier alpha value is -4.89. The van der Waals surface area contributed by atoms with Crippen molar-refractivity contribution < 1.29 is 52.8 Å². The number of esters is 3. The summed E-state index contributed by atoms with van der Waals surface area (Å²) in [7, 11) is 3.11. The lowest BCUT2D eigenvalue weighted by atomic mass is 9.79. The van der Waals surface area contributed by atoms with Crippen molar-refractivity contribution in [2.24, 2.45) is 11.8 Å². The van der Waals surface area contributed by atoms with E-state index in [1.807, 2.05) is 6.92 Å². The number of carbonyl (C=O) groups excluding carboxylic acids is 6. The second kappa shape index (κ2) is 15.1. The SMILES string of the molecule is CC1C(SC2C[C@@H](C(=O)N(C)C)N(C(=O)OCOC(=O)c3ccccc3)C2)=C(C(=O)OCOC(=O)c2ccccc2)N2C(=O)[C@H](C(C)O)C12. The summed E-state index contributed by atoms with van der Waals surface area (Å²) in [5.74, 6) is -4.24. The maximum absolute atomic E-state index is 13.5. The highest BCUT2D eigenvalue weighted by molar-refractivity contribution is 8.03. The van der Waals surface area contributed by atoms with Crippen molar-refractivity contribution in [3.05, 3.63) is 82.4 Å². The maximum atomic E-state index is 13.5. The molecule has 15 heteroatoms. The molecule has 1 N–H and O–H groups in total. The molecule has 0 saturated carbocycles. The first kappa shape index (κ1) is 35.4. The van der Waals surface area contributed by atoms with Crippen LogP contribution in [0, 0.1) is 11.8 Å². The van der Waals surface area contributed by atoms with Crippen molar-refractivity contribution in [2.45, 2.75) is 43.7 Å². The van der Waals surface area contributed by atoms with Gasteiger partial charge in [0.15, 0.2) is 0 Å². The van der Waals surface area contributed by atoms with Gasteiger partial charge in [-0.25, -0.2) is 19.2 Å². The molecule has 0 spiro atoms. The Morgan fingerprint density at radius 2 is 1.41 bits per heavy atom. The fourth-order valence-corrected chi connectivity index (χ4v) is 7.72. The Morgan fingerprint density at radius 1 is 0.878 bits per heavy atom. The van der Waals surface area contributed by atoms with Crippen LogP contribution in [0.3, 0.4) is 0 Å². The van der Waals surface area contributed by atoms with Crippen molar-refractivity contribution >= 4 is 47.6 Å². The van der Waals surface area contributed by atoms with E-state index in [1.165, 1.54) is 33.4 Å². The molecule has 0 aliphatic carbocycles. The van der Waals surface area contributed by atoms with E-state index in [1.54, 1.807) is 74.8 Å². The monoisotopic (exact) mass is 695 g/mol. The molecule has 4 unspecified atom stereocenters. The van der Waals surface area contributed by atoms with Gasteiger partial charge in [-0.05, 0) is 37.6 Å². The predicted octanol–water partition coefficient (Wildman–Crippen LogP) is 2.63. The van der Waals surface area contributed by atoms with Crippen molar-refractivity contribution in [3.8, 4) is 0 Å². The van der Waals surface area contributed by atoms with Gasteiger partial charge in [0.25, 0.3) is 0 Å². The van der Waals surface area contributed by atoms with Crippen LogP contribution < -0.4 is 0 Å². The molecule has 49 heavy (non-hydrogen) atoms. The average molecular weight is 696 g/mol. The average Bonchev–Trinajstić information content (AvgIpc) is 3.61. The zero-order valence-corrected chi connectivity index (χ0v) is 28.2. The van der Waals surface area contributed by atoms with Crippen molar-refractivity contribution in [3.63, 3.8) is 0 Å². The minimum absolute atomic E-state index is 0.0338. The summed E-state index contributed by atoms with van der Waals surface area (Å²) in [6.45, 7) is 1.99. The van der Waals surface area contributed by atoms with Crippen molar-refractivity contribution in [1.29, 1.82) is 0 Å². The van der Waals surface area contributed by atoms with E-state index in [-0.39, 0.29) is 35.7 Å². The Morgan fingerprint density at radius 3 is 1.94 bits per heavy atom. The van der Waals surface area contributed by atoms with Gasteiger partial charge >= 0.3 is 24.0 Å². The van der Waals surface area contributed by atoms with Crippen LogP contribution in [0.2, 0.25) is 0 Å². The second-order valence-electron chi connectivity index (χ2n) is 12.0. The molecule has 3 aliphatic heterocycles. The molecule has 2 aromatic rings. The minimum Gasteiger partial charge on any atom is -0.424 e. The molecule has 2 fully saturated rings. The van der Waals surface area contributed by atoms with Gasteiger partial charge in [-0.3, -0.25) is 14.5 Å². The summed E-state index contributed by atoms with van der Waals surface area (Å²) >= 11 is 1.23. The third-order valence-electron chi connectivity index (χ3n) is 8.59. The normalized spacial score (nSPS) is 23.3. The van der Waals surface area contributed by atoms with Gasteiger partial charge in [0, 0.05) is 36.7 Å². The molecular formula is C34H37N3O11S. The zero-order valence-electron chi connectivity index (χ0n) is 27.3. The van der Waals surface area contributed by atoms with Gasteiger partial charge in [-0.1, -0.05) is 43.3 Å². The number of amides is 3. The van der Waals surface area contributed by atoms with Crippen LogP contribution in [0.4, 0.5) is 4.79 Å². The van der Waals surface area contributed by atoms with Crippen LogP contribution in [0.1, 0.15) is 41.0 Å². The van der Waals surface area contributed by atoms with Gasteiger partial charge in [0.1, 0.15) is 11.7 Å². The summed E-state index contributed by atoms with van der Waals surface area (Å²) < 4.78 is 20.7. The standard InChI is InChI=1S/C34H37N3O11S/c1-19-26-25(20(2)38)30(40)37(26)27(33(43)47-17-45-31(41)21-11-7-5-8-12-21)28(19)49-23-15-24(29(39)35(3)4)36(16-23)34(44)48-18-46-32(42)22-13-9-6-10-14-22/h5-14,19-20,23-26,38H,15-18H2,1-4H3/t19?,20?,23?,24-,25+,26?/m0/s1. The van der Waals surface area contributed by atoms with E-state index >= 15 is 0 Å². The first-order valence-corrected chi connectivity index (χ1v) is 16.5. The minimum atomic E-state index is -0.973. The summed E-state index contributed by atoms with van der Waals surface area (Å²) in [6, 6.07) is 14.9. The molecule has 0 aromatic heterocycles. The number of hydrogen-bond donors (Lipinski definition) is 1. The zero-order chi connectivity index (χ0) is 35.4.